The highest BCUT2D eigenvalue weighted by atomic mass is 32.2. The summed E-state index contributed by atoms with van der Waals surface area (Å²) >= 11 is 0. The highest BCUT2D eigenvalue weighted by Crippen LogP contribution is 2.40. The molecule has 0 saturated heterocycles. The van der Waals surface area contributed by atoms with Crippen LogP contribution in [0.15, 0.2) is 47.9 Å². The van der Waals surface area contributed by atoms with E-state index in [1.807, 2.05) is 13.1 Å². The van der Waals surface area contributed by atoms with Crippen LogP contribution in [0.1, 0.15) is 5.56 Å². The first-order valence-corrected chi connectivity index (χ1v) is 11.2. The van der Waals surface area contributed by atoms with Gasteiger partial charge in [-0.15, -0.1) is 0 Å². The molecule has 1 aliphatic heterocycles. The Hall–Kier alpha value is -3.40. The van der Waals surface area contributed by atoms with Gasteiger partial charge in [-0.2, -0.15) is 13.5 Å². The molecule has 10 heteroatoms. The number of hydrogen-bond acceptors (Lipinski definition) is 5. The number of sulfonamides is 1. The van der Waals surface area contributed by atoms with Crippen LogP contribution >= 0.6 is 0 Å². The van der Waals surface area contributed by atoms with Crippen molar-refractivity contribution in [2.24, 2.45) is 14.1 Å². The Balaban J connectivity index is 1.69. The van der Waals surface area contributed by atoms with Gasteiger partial charge in [-0.25, -0.2) is 9.37 Å². The average molecular weight is 441 g/mol. The number of aromatic nitrogens is 4. The Labute approximate surface area is 179 Å². The van der Waals surface area contributed by atoms with E-state index in [4.69, 9.17) is 0 Å². The van der Waals surface area contributed by atoms with E-state index in [0.29, 0.717) is 27.8 Å². The fourth-order valence-electron chi connectivity index (χ4n) is 4.10. The van der Waals surface area contributed by atoms with Gasteiger partial charge in [0, 0.05) is 63.1 Å². The lowest BCUT2D eigenvalue weighted by molar-refractivity contribution is 0.593. The van der Waals surface area contributed by atoms with Crippen LogP contribution in [0.25, 0.3) is 22.2 Å². The molecule has 4 heterocycles. The zero-order chi connectivity index (χ0) is 21.9. The summed E-state index contributed by atoms with van der Waals surface area (Å²) < 4.78 is 46.7. The molecule has 0 spiro atoms. The zero-order valence-corrected chi connectivity index (χ0v) is 18.1. The zero-order valence-electron chi connectivity index (χ0n) is 17.3. The van der Waals surface area contributed by atoms with Crippen molar-refractivity contribution in [2.45, 2.75) is 11.4 Å². The lowest BCUT2D eigenvalue weighted by atomic mass is 10.0. The van der Waals surface area contributed by atoms with E-state index in [1.54, 1.807) is 43.2 Å². The van der Waals surface area contributed by atoms with Gasteiger partial charge in [0.2, 0.25) is 0 Å². The molecular formula is C21H21FN6O2S. The number of nitrogens with zero attached hydrogens (tertiary/aromatic N) is 5. The molecule has 0 unspecified atom stereocenters. The van der Waals surface area contributed by atoms with Gasteiger partial charge in [0.25, 0.3) is 10.0 Å². The molecule has 8 nitrogen and oxygen atoms in total. The molecule has 1 aliphatic rings. The summed E-state index contributed by atoms with van der Waals surface area (Å²) in [7, 11) is 1.50. The molecule has 0 aliphatic carbocycles. The Bertz CT molecular complexity index is 1440. The summed E-state index contributed by atoms with van der Waals surface area (Å²) in [5.74, 6) is -0.344. The van der Waals surface area contributed by atoms with Crippen molar-refractivity contribution >= 4 is 32.4 Å². The molecule has 31 heavy (non-hydrogen) atoms. The first kappa shape index (κ1) is 19.6. The molecule has 0 atom stereocenters. The number of benzene rings is 1. The van der Waals surface area contributed by atoms with Gasteiger partial charge in [-0.3, -0.25) is 9.40 Å². The largest absolute Gasteiger partial charge is 0.374 e. The maximum atomic E-state index is 15.1. The number of nitrogens with one attached hydrogen (secondary N) is 1. The van der Waals surface area contributed by atoms with E-state index < -0.39 is 10.0 Å². The molecule has 3 aromatic heterocycles. The maximum absolute atomic E-state index is 15.1. The third kappa shape index (κ3) is 3.14. The molecule has 0 saturated carbocycles. The number of pyridine rings is 1. The Morgan fingerprint density at radius 3 is 2.68 bits per heavy atom. The van der Waals surface area contributed by atoms with Gasteiger partial charge in [-0.05, 0) is 36.2 Å². The van der Waals surface area contributed by atoms with Crippen molar-refractivity contribution in [2.75, 3.05) is 23.2 Å². The smallest absolute Gasteiger partial charge is 0.281 e. The second-order valence-electron chi connectivity index (χ2n) is 7.78. The van der Waals surface area contributed by atoms with Gasteiger partial charge in [0.1, 0.15) is 11.5 Å². The minimum Gasteiger partial charge on any atom is -0.374 e. The highest BCUT2D eigenvalue weighted by molar-refractivity contribution is 7.92. The van der Waals surface area contributed by atoms with Gasteiger partial charge >= 0.3 is 0 Å². The summed E-state index contributed by atoms with van der Waals surface area (Å²) in [6, 6.07) is 6.39. The molecule has 4 aromatic rings. The second-order valence-corrected chi connectivity index (χ2v) is 9.41. The molecule has 160 valence electrons. The predicted molar refractivity (Wildman–Crippen MR) is 117 cm³/mol. The second kappa shape index (κ2) is 6.81. The van der Waals surface area contributed by atoms with Crippen LogP contribution in [0, 0.1) is 5.82 Å². The number of likely N-dealkylation sites (N-methyl/N-ethyl adjacent to an activating group) is 1. The Morgan fingerprint density at radius 2 is 1.94 bits per heavy atom. The number of rotatable bonds is 4. The minimum atomic E-state index is -3.92. The monoisotopic (exact) mass is 440 g/mol. The third-order valence-electron chi connectivity index (χ3n) is 5.65. The lowest BCUT2D eigenvalue weighted by Gasteiger charge is -2.14. The minimum absolute atomic E-state index is 0.0946. The summed E-state index contributed by atoms with van der Waals surface area (Å²) in [6.07, 6.45) is 5.65. The van der Waals surface area contributed by atoms with Crippen molar-refractivity contribution in [3.05, 3.63) is 54.2 Å². The predicted octanol–water partition coefficient (Wildman–Crippen LogP) is 2.91. The van der Waals surface area contributed by atoms with Crippen LogP contribution in [0.3, 0.4) is 0 Å². The molecular weight excluding hydrogens is 419 g/mol. The molecule has 5 rings (SSSR count). The van der Waals surface area contributed by atoms with E-state index in [1.165, 1.54) is 16.9 Å². The topological polar surface area (TPSA) is 85.0 Å². The Kier molecular flexibility index (Phi) is 4.30. The number of fused-ring (bicyclic) bond motifs is 2. The van der Waals surface area contributed by atoms with Gasteiger partial charge in [0.15, 0.2) is 5.03 Å². The van der Waals surface area contributed by atoms with E-state index in [0.717, 1.165) is 24.2 Å². The third-order valence-corrected chi connectivity index (χ3v) is 6.91. The van der Waals surface area contributed by atoms with Crippen LogP contribution in [0.2, 0.25) is 0 Å². The molecule has 1 N–H and O–H groups in total. The summed E-state index contributed by atoms with van der Waals surface area (Å²) in [6.45, 7) is 0.838. The van der Waals surface area contributed by atoms with Crippen molar-refractivity contribution in [1.82, 2.24) is 19.3 Å². The first-order chi connectivity index (χ1) is 14.7. The summed E-state index contributed by atoms with van der Waals surface area (Å²) in [5.41, 5.74) is 3.80. The van der Waals surface area contributed by atoms with Gasteiger partial charge in [0.05, 0.1) is 11.1 Å². The van der Waals surface area contributed by atoms with Gasteiger partial charge < -0.3 is 9.47 Å². The van der Waals surface area contributed by atoms with E-state index in [9.17, 15) is 8.42 Å². The fourth-order valence-corrected chi connectivity index (χ4v) is 5.14. The average Bonchev–Trinajstić information content (AvgIpc) is 3.40. The van der Waals surface area contributed by atoms with Crippen molar-refractivity contribution in [1.29, 1.82) is 0 Å². The molecule has 1 aromatic carbocycles. The lowest BCUT2D eigenvalue weighted by Crippen LogP contribution is -2.14. The summed E-state index contributed by atoms with van der Waals surface area (Å²) in [5, 5.41) is 4.42. The van der Waals surface area contributed by atoms with Gasteiger partial charge in [-0.1, -0.05) is 0 Å². The normalized spacial score (nSPS) is 13.7. The van der Waals surface area contributed by atoms with Crippen molar-refractivity contribution in [3.63, 3.8) is 0 Å². The number of hydrogen-bond donors (Lipinski definition) is 1. The maximum Gasteiger partial charge on any atom is 0.281 e. The standard InChI is InChI=1S/C21H21FN6O2S/c1-26-8-5-13-10-16(22)14(11-18(13)26)15-12-27(2)21-20(15)17(4-7-23-21)25-31(29,30)19-6-9-28(3)24-19/h4,6-7,9-12H,5,8H2,1-3H3,(H,23,25). The van der Waals surface area contributed by atoms with Crippen LogP contribution in [-0.4, -0.2) is 41.3 Å². The molecule has 0 amide bonds. The number of aryl methyl sites for hydroxylation is 2. The Morgan fingerprint density at radius 1 is 1.13 bits per heavy atom. The van der Waals surface area contributed by atoms with Crippen molar-refractivity contribution in [3.8, 4) is 11.1 Å². The van der Waals surface area contributed by atoms with Crippen LogP contribution in [0.5, 0.6) is 0 Å². The summed E-state index contributed by atoms with van der Waals surface area (Å²) in [4.78, 5) is 6.48. The first-order valence-electron chi connectivity index (χ1n) is 9.75. The van der Waals surface area contributed by atoms with E-state index >= 15 is 4.39 Å². The SMILES string of the molecule is CN1CCc2cc(F)c(-c3cn(C)c4nccc(NS(=O)(=O)c5ccn(C)n5)c34)cc21. The molecule has 0 fully saturated rings. The number of anilines is 2. The van der Waals surface area contributed by atoms with Crippen LogP contribution in [0.4, 0.5) is 15.8 Å². The molecule has 0 bridgehead atoms. The molecule has 0 radical (unpaired) electrons. The quantitative estimate of drug-likeness (QED) is 0.528. The van der Waals surface area contributed by atoms with Crippen LogP contribution in [-0.2, 0) is 30.5 Å². The fraction of sp³-hybridized carbons (Fsp3) is 0.238. The van der Waals surface area contributed by atoms with E-state index in [2.05, 4.69) is 19.7 Å². The number of halogens is 1. The van der Waals surface area contributed by atoms with Crippen molar-refractivity contribution < 1.29 is 12.8 Å². The highest BCUT2D eigenvalue weighted by Gasteiger charge is 2.24. The van der Waals surface area contributed by atoms with E-state index in [-0.39, 0.29) is 10.8 Å². The van der Waals surface area contributed by atoms with Crippen LogP contribution < -0.4 is 9.62 Å².